The van der Waals surface area contributed by atoms with E-state index in [4.69, 9.17) is 23.7 Å². The summed E-state index contributed by atoms with van der Waals surface area (Å²) in [5, 5.41) is 10.4. The molecule has 4 rings (SSSR count). The minimum absolute atomic E-state index is 0.0125. The molecule has 2 aliphatic heterocycles. The van der Waals surface area contributed by atoms with Gasteiger partial charge in [-0.1, -0.05) is 12.1 Å². The molecule has 0 radical (unpaired) electrons. The third-order valence-electron chi connectivity index (χ3n) is 5.31. The van der Waals surface area contributed by atoms with Gasteiger partial charge in [0.1, 0.15) is 0 Å². The maximum Gasteiger partial charge on any atom is 0.231 e. The molecule has 0 bridgehead atoms. The number of aliphatic hydroxyl groups is 1. The molecule has 0 spiro atoms. The molecule has 0 aliphatic carbocycles. The van der Waals surface area contributed by atoms with Crippen molar-refractivity contribution in [3.05, 3.63) is 47.5 Å². The maximum absolute atomic E-state index is 10.4. The van der Waals surface area contributed by atoms with Crippen LogP contribution in [0, 0.1) is 11.8 Å². The predicted octanol–water partition coefficient (Wildman–Crippen LogP) is 2.80. The van der Waals surface area contributed by atoms with Crippen LogP contribution in [0.1, 0.15) is 11.1 Å². The first-order chi connectivity index (χ1) is 13.2. The van der Waals surface area contributed by atoms with E-state index in [1.165, 1.54) is 0 Å². The molecule has 6 heteroatoms. The number of aliphatic hydroxyl groups excluding tert-OH is 1. The van der Waals surface area contributed by atoms with Crippen LogP contribution in [-0.4, -0.2) is 39.0 Å². The standard InChI is InChI=1S/C21H24O6/c1-23-17-5-3-13(9-19(17)24-2)7-15-11-25-21(22)16(15)8-14-4-6-18-20(10-14)27-12-26-18/h3-6,9-10,15-16,21-22H,7-8,11-12H2,1-2H3/t15-,16+,21+/m0/s1. The van der Waals surface area contributed by atoms with E-state index in [0.717, 1.165) is 35.5 Å². The van der Waals surface area contributed by atoms with E-state index in [1.54, 1.807) is 14.2 Å². The van der Waals surface area contributed by atoms with Gasteiger partial charge in [0.25, 0.3) is 0 Å². The van der Waals surface area contributed by atoms with Gasteiger partial charge in [0.15, 0.2) is 29.3 Å². The number of hydrogen-bond donors (Lipinski definition) is 1. The van der Waals surface area contributed by atoms with Gasteiger partial charge in [-0.3, -0.25) is 0 Å². The molecular formula is C21H24O6. The van der Waals surface area contributed by atoms with E-state index in [-0.39, 0.29) is 18.6 Å². The molecule has 6 nitrogen and oxygen atoms in total. The fourth-order valence-corrected chi connectivity index (χ4v) is 3.83. The maximum atomic E-state index is 10.4. The van der Waals surface area contributed by atoms with Crippen LogP contribution in [0.4, 0.5) is 0 Å². The third-order valence-corrected chi connectivity index (χ3v) is 5.31. The predicted molar refractivity (Wildman–Crippen MR) is 98.5 cm³/mol. The Morgan fingerprint density at radius 1 is 0.926 bits per heavy atom. The Morgan fingerprint density at radius 2 is 1.67 bits per heavy atom. The first-order valence-electron chi connectivity index (χ1n) is 9.07. The van der Waals surface area contributed by atoms with Gasteiger partial charge in [0.2, 0.25) is 6.79 Å². The van der Waals surface area contributed by atoms with Crippen molar-refractivity contribution in [2.45, 2.75) is 19.1 Å². The SMILES string of the molecule is COc1ccc(C[C@H]2CO[C@@H](O)[C@@H]2Cc2ccc3c(c2)OCO3)cc1OC. The lowest BCUT2D eigenvalue weighted by atomic mass is 9.84. The summed E-state index contributed by atoms with van der Waals surface area (Å²) < 4.78 is 27.1. The van der Waals surface area contributed by atoms with Crippen molar-refractivity contribution < 1.29 is 28.8 Å². The Balaban J connectivity index is 1.49. The van der Waals surface area contributed by atoms with E-state index in [9.17, 15) is 5.11 Å². The van der Waals surface area contributed by atoms with Crippen LogP contribution in [0.15, 0.2) is 36.4 Å². The second kappa shape index (κ2) is 7.66. The Hall–Kier alpha value is -2.44. The average Bonchev–Trinajstić information content (AvgIpc) is 3.29. The largest absolute Gasteiger partial charge is 0.493 e. The number of rotatable bonds is 6. The zero-order valence-corrected chi connectivity index (χ0v) is 15.5. The van der Waals surface area contributed by atoms with Crippen molar-refractivity contribution in [2.24, 2.45) is 11.8 Å². The van der Waals surface area contributed by atoms with E-state index in [1.807, 2.05) is 36.4 Å². The van der Waals surface area contributed by atoms with E-state index in [2.05, 4.69) is 0 Å². The van der Waals surface area contributed by atoms with Gasteiger partial charge in [0.05, 0.1) is 20.8 Å². The molecule has 0 amide bonds. The number of hydrogen-bond acceptors (Lipinski definition) is 6. The average molecular weight is 372 g/mol. The van der Waals surface area contributed by atoms with Crippen LogP contribution in [0.3, 0.4) is 0 Å². The van der Waals surface area contributed by atoms with Crippen molar-refractivity contribution in [1.82, 2.24) is 0 Å². The Morgan fingerprint density at radius 3 is 2.48 bits per heavy atom. The highest BCUT2D eigenvalue weighted by molar-refractivity contribution is 5.45. The van der Waals surface area contributed by atoms with Crippen LogP contribution < -0.4 is 18.9 Å². The lowest BCUT2D eigenvalue weighted by molar-refractivity contribution is -0.0820. The fraction of sp³-hybridized carbons (Fsp3) is 0.429. The first-order valence-corrected chi connectivity index (χ1v) is 9.07. The van der Waals surface area contributed by atoms with Gasteiger partial charge in [-0.2, -0.15) is 0 Å². The van der Waals surface area contributed by atoms with Gasteiger partial charge in [-0.15, -0.1) is 0 Å². The summed E-state index contributed by atoms with van der Waals surface area (Å²) in [5.74, 6) is 3.17. The molecule has 3 atom stereocenters. The number of methoxy groups -OCH3 is 2. The molecule has 1 N–H and O–H groups in total. The first kappa shape index (κ1) is 17.9. The topological polar surface area (TPSA) is 66.4 Å². The number of benzene rings is 2. The van der Waals surface area contributed by atoms with Crippen LogP contribution in [-0.2, 0) is 17.6 Å². The molecule has 27 heavy (non-hydrogen) atoms. The van der Waals surface area contributed by atoms with Crippen LogP contribution in [0.25, 0.3) is 0 Å². The molecule has 2 aliphatic rings. The van der Waals surface area contributed by atoms with Gasteiger partial charge < -0.3 is 28.8 Å². The summed E-state index contributed by atoms with van der Waals surface area (Å²) in [6.45, 7) is 0.792. The van der Waals surface area contributed by atoms with Gasteiger partial charge in [-0.25, -0.2) is 0 Å². The molecule has 0 unspecified atom stereocenters. The van der Waals surface area contributed by atoms with Gasteiger partial charge in [-0.05, 0) is 54.2 Å². The molecule has 2 heterocycles. The molecule has 0 aromatic heterocycles. The second-order valence-corrected chi connectivity index (χ2v) is 6.93. The smallest absolute Gasteiger partial charge is 0.231 e. The lowest BCUT2D eigenvalue weighted by Crippen LogP contribution is -2.24. The zero-order chi connectivity index (χ0) is 18.8. The summed E-state index contributed by atoms with van der Waals surface area (Å²) in [6.07, 6.45) is 0.753. The quantitative estimate of drug-likeness (QED) is 0.841. The summed E-state index contributed by atoms with van der Waals surface area (Å²) in [4.78, 5) is 0. The second-order valence-electron chi connectivity index (χ2n) is 6.93. The van der Waals surface area contributed by atoms with E-state index >= 15 is 0 Å². The van der Waals surface area contributed by atoms with Crippen molar-refractivity contribution in [3.63, 3.8) is 0 Å². The third kappa shape index (κ3) is 3.68. The fourth-order valence-electron chi connectivity index (χ4n) is 3.83. The molecular weight excluding hydrogens is 348 g/mol. The Bertz CT molecular complexity index is 805. The lowest BCUT2D eigenvalue weighted by Gasteiger charge is -2.20. The van der Waals surface area contributed by atoms with Crippen LogP contribution in [0.2, 0.25) is 0 Å². The summed E-state index contributed by atoms with van der Waals surface area (Å²) in [7, 11) is 3.26. The van der Waals surface area contributed by atoms with E-state index < -0.39 is 6.29 Å². The molecule has 1 saturated heterocycles. The highest BCUT2D eigenvalue weighted by Gasteiger charge is 2.36. The molecule has 1 fully saturated rings. The van der Waals surface area contributed by atoms with Gasteiger partial charge in [0, 0.05) is 5.92 Å². The van der Waals surface area contributed by atoms with Crippen molar-refractivity contribution in [3.8, 4) is 23.0 Å². The van der Waals surface area contributed by atoms with Crippen molar-refractivity contribution in [1.29, 1.82) is 0 Å². The Labute approximate surface area is 158 Å². The monoisotopic (exact) mass is 372 g/mol. The van der Waals surface area contributed by atoms with E-state index in [0.29, 0.717) is 18.1 Å². The van der Waals surface area contributed by atoms with Crippen LogP contribution >= 0.6 is 0 Å². The Kier molecular flexibility index (Phi) is 5.09. The zero-order valence-electron chi connectivity index (χ0n) is 15.5. The molecule has 2 aromatic carbocycles. The van der Waals surface area contributed by atoms with Gasteiger partial charge >= 0.3 is 0 Å². The molecule has 2 aromatic rings. The molecule has 0 saturated carbocycles. The highest BCUT2D eigenvalue weighted by atomic mass is 16.7. The summed E-state index contributed by atoms with van der Waals surface area (Å²) in [6, 6.07) is 11.9. The minimum Gasteiger partial charge on any atom is -0.493 e. The highest BCUT2D eigenvalue weighted by Crippen LogP contribution is 2.37. The summed E-state index contributed by atoms with van der Waals surface area (Å²) in [5.41, 5.74) is 2.23. The van der Waals surface area contributed by atoms with Crippen molar-refractivity contribution >= 4 is 0 Å². The number of fused-ring (bicyclic) bond motifs is 1. The number of ether oxygens (including phenoxy) is 5. The minimum atomic E-state index is -0.763. The summed E-state index contributed by atoms with van der Waals surface area (Å²) >= 11 is 0. The molecule has 144 valence electrons. The van der Waals surface area contributed by atoms with Crippen LogP contribution in [0.5, 0.6) is 23.0 Å². The normalized spacial score (nSPS) is 23.4. The van der Waals surface area contributed by atoms with Crippen molar-refractivity contribution in [2.75, 3.05) is 27.6 Å².